The number of rotatable bonds is 4. The van der Waals surface area contributed by atoms with Crippen LogP contribution in [0, 0.1) is 12.8 Å². The lowest BCUT2D eigenvalue weighted by Gasteiger charge is -2.39. The molecule has 3 fully saturated rings. The fraction of sp³-hybridized carbons (Fsp3) is 0.583. The van der Waals surface area contributed by atoms with Crippen molar-refractivity contribution in [1.29, 1.82) is 0 Å². The summed E-state index contributed by atoms with van der Waals surface area (Å²) in [6.07, 6.45) is 2.62. The second kappa shape index (κ2) is 8.68. The van der Waals surface area contributed by atoms with Crippen molar-refractivity contribution in [2.45, 2.75) is 44.6 Å². The van der Waals surface area contributed by atoms with Crippen molar-refractivity contribution in [1.82, 2.24) is 20.1 Å². The number of aromatic nitrogens is 1. The number of fused-ring (bicyclic) bond motifs is 1. The van der Waals surface area contributed by atoms with Crippen molar-refractivity contribution in [3.05, 3.63) is 30.0 Å². The van der Waals surface area contributed by atoms with Gasteiger partial charge in [-0.15, -0.1) is 0 Å². The summed E-state index contributed by atoms with van der Waals surface area (Å²) in [4.78, 5) is 27.8. The molecule has 33 heavy (non-hydrogen) atoms. The molecule has 5 rings (SSSR count). The van der Waals surface area contributed by atoms with Crippen molar-refractivity contribution < 1.29 is 18.4 Å². The van der Waals surface area contributed by atoms with E-state index in [1.165, 1.54) is 0 Å². The summed E-state index contributed by atoms with van der Waals surface area (Å²) in [7, 11) is 0. The Labute approximate surface area is 192 Å². The minimum atomic E-state index is -2.63. The van der Waals surface area contributed by atoms with Crippen LogP contribution in [0.3, 0.4) is 0 Å². The van der Waals surface area contributed by atoms with E-state index in [-0.39, 0.29) is 24.9 Å². The number of hydrogen-bond acceptors (Lipinski definition) is 4. The summed E-state index contributed by atoms with van der Waals surface area (Å²) in [5, 5.41) is 6.20. The van der Waals surface area contributed by atoms with E-state index in [1.54, 1.807) is 4.90 Å². The molecule has 1 unspecified atom stereocenters. The number of alkyl halides is 2. The number of anilines is 1. The number of nitrogens with zero attached hydrogens (tertiary/aromatic N) is 3. The Morgan fingerprint density at radius 2 is 1.91 bits per heavy atom. The van der Waals surface area contributed by atoms with Gasteiger partial charge in [-0.05, 0) is 50.9 Å². The van der Waals surface area contributed by atoms with Gasteiger partial charge in [-0.1, -0.05) is 6.07 Å². The third kappa shape index (κ3) is 4.24. The van der Waals surface area contributed by atoms with E-state index in [4.69, 9.17) is 0 Å². The lowest BCUT2D eigenvalue weighted by Crippen LogP contribution is -2.51. The quantitative estimate of drug-likeness (QED) is 0.736. The van der Waals surface area contributed by atoms with Gasteiger partial charge in [0, 0.05) is 55.6 Å². The molecule has 3 amide bonds. The number of benzene rings is 1. The zero-order valence-electron chi connectivity index (χ0n) is 18.9. The Morgan fingerprint density at radius 3 is 2.64 bits per heavy atom. The van der Waals surface area contributed by atoms with Gasteiger partial charge in [0.15, 0.2) is 0 Å². The zero-order valence-corrected chi connectivity index (χ0v) is 18.9. The van der Waals surface area contributed by atoms with E-state index in [0.29, 0.717) is 32.1 Å². The number of carbonyl (C=O) groups is 2. The van der Waals surface area contributed by atoms with Crippen LogP contribution >= 0.6 is 0 Å². The van der Waals surface area contributed by atoms with Crippen LogP contribution in [-0.2, 0) is 4.79 Å². The Balaban J connectivity index is 1.32. The monoisotopic (exact) mass is 459 g/mol. The minimum Gasteiger partial charge on any atom is -0.342 e. The van der Waals surface area contributed by atoms with Crippen LogP contribution < -0.4 is 15.5 Å². The molecule has 0 aliphatic carbocycles. The molecule has 3 saturated heterocycles. The van der Waals surface area contributed by atoms with E-state index in [9.17, 15) is 18.4 Å². The topological polar surface area (TPSA) is 69.6 Å². The largest absolute Gasteiger partial charge is 0.342 e. The Kier molecular flexibility index (Phi) is 5.86. The van der Waals surface area contributed by atoms with Crippen molar-refractivity contribution in [2.24, 2.45) is 5.92 Å². The van der Waals surface area contributed by atoms with E-state index in [1.807, 2.05) is 12.1 Å². The summed E-state index contributed by atoms with van der Waals surface area (Å²) in [6.45, 7) is 4.96. The van der Waals surface area contributed by atoms with Crippen molar-refractivity contribution >= 4 is 28.5 Å². The predicted octanol–water partition coefficient (Wildman–Crippen LogP) is 3.28. The maximum Gasteiger partial charge on any atom is 0.328 e. The van der Waals surface area contributed by atoms with Gasteiger partial charge >= 0.3 is 6.03 Å². The molecule has 0 radical (unpaired) electrons. The average Bonchev–Trinajstić information content (AvgIpc) is 3.12. The highest BCUT2D eigenvalue weighted by molar-refractivity contribution is 6.09. The second-order valence-corrected chi connectivity index (χ2v) is 9.58. The van der Waals surface area contributed by atoms with Crippen LogP contribution in [0.15, 0.2) is 24.3 Å². The highest BCUT2D eigenvalue weighted by Crippen LogP contribution is 2.36. The molecule has 3 aliphatic heterocycles. The van der Waals surface area contributed by atoms with Crippen molar-refractivity contribution in [2.75, 3.05) is 44.2 Å². The molecule has 4 heterocycles. The molecule has 1 atom stereocenters. The van der Waals surface area contributed by atoms with Gasteiger partial charge in [-0.3, -0.25) is 15.0 Å². The average molecular weight is 460 g/mol. The molecule has 3 aliphatic rings. The van der Waals surface area contributed by atoms with Gasteiger partial charge < -0.3 is 14.8 Å². The first-order valence-corrected chi connectivity index (χ1v) is 11.9. The van der Waals surface area contributed by atoms with Crippen molar-refractivity contribution in [3.63, 3.8) is 0 Å². The van der Waals surface area contributed by atoms with E-state index in [2.05, 4.69) is 39.2 Å². The number of halogens is 2. The highest BCUT2D eigenvalue weighted by atomic mass is 19.3. The number of aryl methyl sites for hydroxylation is 1. The molecule has 2 N–H and O–H groups in total. The Hall–Kier alpha value is -2.52. The summed E-state index contributed by atoms with van der Waals surface area (Å²) in [6, 6.07) is 7.96. The van der Waals surface area contributed by atoms with Gasteiger partial charge in [0.2, 0.25) is 5.91 Å². The van der Waals surface area contributed by atoms with Crippen LogP contribution in [0.4, 0.5) is 19.3 Å². The number of hydrogen-bond donors (Lipinski definition) is 2. The standard InChI is InChI=1S/C24H31F2N5O2/c1-16-13-19-20(30-12-8-22(32)28-23(30)33)3-2-4-21(19)31(16)18-6-10-29(11-7-18)14-17-5-9-27-15-24(17,25)26/h2-4,13,17-18,27H,5-12,14-15H2,1H3,(H,28,32,33). The van der Waals surface area contributed by atoms with Gasteiger partial charge in [-0.25, -0.2) is 13.6 Å². The molecule has 1 aromatic carbocycles. The first-order chi connectivity index (χ1) is 15.8. The molecule has 2 aromatic rings. The normalized spacial score (nSPS) is 24.9. The van der Waals surface area contributed by atoms with Crippen molar-refractivity contribution in [3.8, 4) is 0 Å². The van der Waals surface area contributed by atoms with Crippen LogP contribution in [0.1, 0.15) is 37.4 Å². The fourth-order valence-electron chi connectivity index (χ4n) is 5.67. The smallest absolute Gasteiger partial charge is 0.328 e. The number of amides is 3. The SMILES string of the molecule is Cc1cc2c(N3CCC(=O)NC3=O)cccc2n1C1CCN(CC2CCNCC2(F)F)CC1. The third-order valence-corrected chi connectivity index (χ3v) is 7.43. The molecule has 7 nitrogen and oxygen atoms in total. The first kappa shape index (κ1) is 22.3. The van der Waals surface area contributed by atoms with Crippen LogP contribution in [0.25, 0.3) is 10.9 Å². The molecule has 0 spiro atoms. The predicted molar refractivity (Wildman–Crippen MR) is 123 cm³/mol. The number of piperidine rings is 2. The summed E-state index contributed by atoms with van der Waals surface area (Å²) in [5.41, 5.74) is 3.00. The number of carbonyl (C=O) groups excluding carboxylic acids is 2. The van der Waals surface area contributed by atoms with Crippen LogP contribution in [0.2, 0.25) is 0 Å². The van der Waals surface area contributed by atoms with E-state index >= 15 is 0 Å². The second-order valence-electron chi connectivity index (χ2n) is 9.58. The molecular weight excluding hydrogens is 428 g/mol. The van der Waals surface area contributed by atoms with E-state index in [0.717, 1.165) is 48.2 Å². The Bertz CT molecular complexity index is 1060. The van der Waals surface area contributed by atoms with Gasteiger partial charge in [-0.2, -0.15) is 0 Å². The molecule has 178 valence electrons. The lowest BCUT2D eigenvalue weighted by atomic mass is 9.92. The zero-order chi connectivity index (χ0) is 23.2. The minimum absolute atomic E-state index is 0.214. The fourth-order valence-corrected chi connectivity index (χ4v) is 5.67. The first-order valence-electron chi connectivity index (χ1n) is 11.9. The molecule has 0 bridgehead atoms. The summed E-state index contributed by atoms with van der Waals surface area (Å²) < 4.78 is 30.8. The maximum absolute atomic E-state index is 14.2. The number of imide groups is 1. The molecule has 1 aromatic heterocycles. The Morgan fingerprint density at radius 1 is 1.12 bits per heavy atom. The molecular formula is C24H31F2N5O2. The maximum atomic E-state index is 14.2. The van der Waals surface area contributed by atoms with Gasteiger partial charge in [0.1, 0.15) is 0 Å². The van der Waals surface area contributed by atoms with Crippen LogP contribution in [0.5, 0.6) is 0 Å². The summed E-state index contributed by atoms with van der Waals surface area (Å²) >= 11 is 0. The summed E-state index contributed by atoms with van der Waals surface area (Å²) in [5.74, 6) is -3.45. The van der Waals surface area contributed by atoms with Crippen LogP contribution in [-0.4, -0.2) is 66.6 Å². The van der Waals surface area contributed by atoms with Gasteiger partial charge in [0.25, 0.3) is 5.92 Å². The highest BCUT2D eigenvalue weighted by Gasteiger charge is 2.42. The molecule has 0 saturated carbocycles. The van der Waals surface area contributed by atoms with Gasteiger partial charge in [0.05, 0.1) is 17.7 Å². The lowest BCUT2D eigenvalue weighted by molar-refractivity contribution is -0.120. The molecule has 9 heteroatoms. The number of likely N-dealkylation sites (tertiary alicyclic amines) is 1. The van der Waals surface area contributed by atoms with E-state index < -0.39 is 11.8 Å². The number of nitrogens with one attached hydrogen (secondary N) is 2. The number of urea groups is 1. The third-order valence-electron chi connectivity index (χ3n) is 7.43.